The lowest BCUT2D eigenvalue weighted by Gasteiger charge is -2.02. The van der Waals surface area contributed by atoms with Gasteiger partial charge in [-0.25, -0.2) is 0 Å². The molecule has 0 fully saturated rings. The van der Waals surface area contributed by atoms with Gasteiger partial charge in [0.25, 0.3) is 0 Å². The van der Waals surface area contributed by atoms with Crippen molar-refractivity contribution < 1.29 is 4.74 Å². The summed E-state index contributed by atoms with van der Waals surface area (Å²) < 4.78 is 5.17. The topological polar surface area (TPSA) is 21.3 Å². The molecule has 0 atom stereocenters. The highest BCUT2D eigenvalue weighted by Crippen LogP contribution is 1.83. The number of nitrogens with one attached hydrogen (secondary N) is 1. The summed E-state index contributed by atoms with van der Waals surface area (Å²) in [6.45, 7) is 5.76. The van der Waals surface area contributed by atoms with Gasteiger partial charge in [-0.3, -0.25) is 0 Å². The number of halogens is 1. The lowest BCUT2D eigenvalue weighted by atomic mass is 10.4. The molecule has 11 heavy (non-hydrogen) atoms. The fraction of sp³-hybridized carbons (Fsp3) is 1.00. The molecule has 0 aromatic rings. The second-order valence-electron chi connectivity index (χ2n) is 2.34. The molecule has 0 aliphatic rings. The third-order valence-corrected chi connectivity index (χ3v) is 1.60. The van der Waals surface area contributed by atoms with Crippen molar-refractivity contribution in [3.8, 4) is 0 Å². The first kappa shape index (κ1) is 11.2. The molecular formula is C8H18ClNO. The van der Waals surface area contributed by atoms with Crippen LogP contribution in [0.15, 0.2) is 0 Å². The number of ether oxygens (including phenoxy) is 1. The van der Waals surface area contributed by atoms with Crippen molar-refractivity contribution in [3.05, 3.63) is 0 Å². The lowest BCUT2D eigenvalue weighted by Crippen LogP contribution is -2.18. The van der Waals surface area contributed by atoms with Crippen LogP contribution in [0.25, 0.3) is 0 Å². The average Bonchev–Trinajstić information content (AvgIpc) is 2.03. The van der Waals surface area contributed by atoms with Crippen LogP contribution in [0.3, 0.4) is 0 Å². The van der Waals surface area contributed by atoms with Gasteiger partial charge in [-0.05, 0) is 32.9 Å². The number of alkyl halides is 1. The summed E-state index contributed by atoms with van der Waals surface area (Å²) in [5, 5.41) is 3.28. The standard InChI is InChI=1S/C8H18ClNO/c1-2-11-8-4-7-10-6-3-5-9/h10H,2-8H2,1H3. The maximum Gasteiger partial charge on any atom is 0.0477 e. The van der Waals surface area contributed by atoms with Crippen LogP contribution >= 0.6 is 11.6 Å². The quantitative estimate of drug-likeness (QED) is 0.452. The summed E-state index contributed by atoms with van der Waals surface area (Å²) >= 11 is 5.50. The van der Waals surface area contributed by atoms with Crippen LogP contribution in [-0.4, -0.2) is 32.2 Å². The van der Waals surface area contributed by atoms with Crippen LogP contribution in [0, 0.1) is 0 Å². The third kappa shape index (κ3) is 10.2. The molecule has 68 valence electrons. The Kier molecular flexibility index (Phi) is 10.4. The van der Waals surface area contributed by atoms with Gasteiger partial charge in [-0.15, -0.1) is 11.6 Å². The maximum absolute atomic E-state index is 5.50. The minimum Gasteiger partial charge on any atom is -0.382 e. The SMILES string of the molecule is CCOCCCNCCCCl. The molecule has 0 spiro atoms. The first-order chi connectivity index (χ1) is 5.41. The molecule has 0 unspecified atom stereocenters. The van der Waals surface area contributed by atoms with E-state index in [2.05, 4.69) is 5.32 Å². The molecule has 1 N–H and O–H groups in total. The molecule has 0 aliphatic carbocycles. The van der Waals surface area contributed by atoms with Crippen LogP contribution in [-0.2, 0) is 4.74 Å². The van der Waals surface area contributed by atoms with E-state index in [0.29, 0.717) is 0 Å². The van der Waals surface area contributed by atoms with E-state index in [1.807, 2.05) is 6.92 Å². The van der Waals surface area contributed by atoms with Crippen molar-refractivity contribution in [2.75, 3.05) is 32.2 Å². The molecule has 2 nitrogen and oxygen atoms in total. The van der Waals surface area contributed by atoms with E-state index in [4.69, 9.17) is 16.3 Å². The third-order valence-electron chi connectivity index (χ3n) is 1.33. The van der Waals surface area contributed by atoms with Crippen molar-refractivity contribution in [2.45, 2.75) is 19.8 Å². The smallest absolute Gasteiger partial charge is 0.0477 e. The second-order valence-corrected chi connectivity index (χ2v) is 2.72. The van der Waals surface area contributed by atoms with Crippen molar-refractivity contribution in [1.82, 2.24) is 5.32 Å². The molecule has 3 heteroatoms. The van der Waals surface area contributed by atoms with E-state index >= 15 is 0 Å². The van der Waals surface area contributed by atoms with Crippen LogP contribution < -0.4 is 5.32 Å². The van der Waals surface area contributed by atoms with Crippen LogP contribution in [0.1, 0.15) is 19.8 Å². The summed E-state index contributed by atoms with van der Waals surface area (Å²) in [6, 6.07) is 0. The molecule has 0 amide bonds. The zero-order valence-electron chi connectivity index (χ0n) is 7.24. The summed E-state index contributed by atoms with van der Waals surface area (Å²) in [4.78, 5) is 0. The Bertz CT molecular complexity index is 63.1. The zero-order chi connectivity index (χ0) is 8.36. The van der Waals surface area contributed by atoms with Gasteiger partial charge < -0.3 is 10.1 Å². The van der Waals surface area contributed by atoms with Crippen molar-refractivity contribution >= 4 is 11.6 Å². The molecule has 0 aromatic heterocycles. The Balaban J connectivity index is 2.69. The van der Waals surface area contributed by atoms with E-state index < -0.39 is 0 Å². The molecule has 0 bridgehead atoms. The monoisotopic (exact) mass is 179 g/mol. The van der Waals surface area contributed by atoms with Gasteiger partial charge >= 0.3 is 0 Å². The fourth-order valence-electron chi connectivity index (χ4n) is 0.760. The van der Waals surface area contributed by atoms with Gasteiger partial charge in [0.1, 0.15) is 0 Å². The Hall–Kier alpha value is 0.210. The van der Waals surface area contributed by atoms with Crippen LogP contribution in [0.4, 0.5) is 0 Å². The Morgan fingerprint density at radius 2 is 2.00 bits per heavy atom. The first-order valence-corrected chi connectivity index (χ1v) is 4.79. The van der Waals surface area contributed by atoms with Gasteiger partial charge in [-0.1, -0.05) is 0 Å². The van der Waals surface area contributed by atoms with E-state index in [-0.39, 0.29) is 0 Å². The molecule has 0 saturated heterocycles. The second kappa shape index (κ2) is 10.2. The highest BCUT2D eigenvalue weighted by molar-refractivity contribution is 6.17. The summed E-state index contributed by atoms with van der Waals surface area (Å²) in [5.41, 5.74) is 0. The van der Waals surface area contributed by atoms with Crippen LogP contribution in [0.2, 0.25) is 0 Å². The zero-order valence-corrected chi connectivity index (χ0v) is 7.99. The van der Waals surface area contributed by atoms with Crippen molar-refractivity contribution in [2.24, 2.45) is 0 Å². The fourth-order valence-corrected chi connectivity index (χ4v) is 0.894. The number of hydrogen-bond donors (Lipinski definition) is 1. The molecule has 0 aliphatic heterocycles. The van der Waals surface area contributed by atoms with Crippen molar-refractivity contribution in [1.29, 1.82) is 0 Å². The largest absolute Gasteiger partial charge is 0.382 e. The summed E-state index contributed by atoms with van der Waals surface area (Å²) in [6.07, 6.45) is 2.15. The van der Waals surface area contributed by atoms with Gasteiger partial charge in [0, 0.05) is 19.1 Å². The molecule has 0 radical (unpaired) electrons. The number of hydrogen-bond acceptors (Lipinski definition) is 2. The average molecular weight is 180 g/mol. The van der Waals surface area contributed by atoms with Gasteiger partial charge in [-0.2, -0.15) is 0 Å². The normalized spacial score (nSPS) is 10.4. The van der Waals surface area contributed by atoms with E-state index in [1.54, 1.807) is 0 Å². The van der Waals surface area contributed by atoms with E-state index in [1.165, 1.54) is 0 Å². The summed E-state index contributed by atoms with van der Waals surface area (Å²) in [7, 11) is 0. The molecule has 0 heterocycles. The van der Waals surface area contributed by atoms with Gasteiger partial charge in [0.15, 0.2) is 0 Å². The highest BCUT2D eigenvalue weighted by atomic mass is 35.5. The van der Waals surface area contributed by atoms with Crippen molar-refractivity contribution in [3.63, 3.8) is 0 Å². The molecule has 0 rings (SSSR count). The highest BCUT2D eigenvalue weighted by Gasteiger charge is 1.87. The minimum absolute atomic E-state index is 0.748. The van der Waals surface area contributed by atoms with E-state index in [0.717, 1.165) is 45.0 Å². The Morgan fingerprint density at radius 1 is 1.27 bits per heavy atom. The summed E-state index contributed by atoms with van der Waals surface area (Å²) in [5.74, 6) is 0.748. The predicted molar refractivity (Wildman–Crippen MR) is 49.3 cm³/mol. The Labute approximate surface area is 74.3 Å². The van der Waals surface area contributed by atoms with Gasteiger partial charge in [0.05, 0.1) is 0 Å². The molecule has 0 aromatic carbocycles. The van der Waals surface area contributed by atoms with Crippen LogP contribution in [0.5, 0.6) is 0 Å². The predicted octanol–water partition coefficient (Wildman–Crippen LogP) is 1.63. The molecule has 0 saturated carbocycles. The molecular weight excluding hydrogens is 162 g/mol. The lowest BCUT2D eigenvalue weighted by molar-refractivity contribution is 0.145. The minimum atomic E-state index is 0.748. The Morgan fingerprint density at radius 3 is 2.64 bits per heavy atom. The maximum atomic E-state index is 5.50. The van der Waals surface area contributed by atoms with Gasteiger partial charge in [0.2, 0.25) is 0 Å². The van der Waals surface area contributed by atoms with E-state index in [9.17, 15) is 0 Å². The number of rotatable bonds is 8. The first-order valence-electron chi connectivity index (χ1n) is 4.26.